The number of aryl methyl sites for hydroxylation is 1. The number of halogens is 1. The lowest BCUT2D eigenvalue weighted by atomic mass is 10.1. The van der Waals surface area contributed by atoms with Crippen molar-refractivity contribution in [2.24, 2.45) is 0 Å². The largest absolute Gasteiger partial charge is 0.496 e. The van der Waals surface area contributed by atoms with Crippen LogP contribution in [0.3, 0.4) is 0 Å². The van der Waals surface area contributed by atoms with Gasteiger partial charge in [0.15, 0.2) is 0 Å². The monoisotopic (exact) mass is 376 g/mol. The summed E-state index contributed by atoms with van der Waals surface area (Å²) in [7, 11) is 1.66. The van der Waals surface area contributed by atoms with Crippen LogP contribution >= 0.6 is 15.9 Å². The summed E-state index contributed by atoms with van der Waals surface area (Å²) in [5.41, 5.74) is 3.73. The molecule has 122 valence electrons. The van der Waals surface area contributed by atoms with Gasteiger partial charge in [0.05, 0.1) is 7.11 Å². The van der Waals surface area contributed by atoms with Crippen LogP contribution in [0, 0.1) is 6.92 Å². The molecule has 0 unspecified atom stereocenters. The Hall–Kier alpha value is -2.01. The highest BCUT2D eigenvalue weighted by Gasteiger charge is 2.08. The molecule has 0 aliphatic rings. The molecule has 2 rings (SSSR count). The summed E-state index contributed by atoms with van der Waals surface area (Å²) in [5, 5.41) is 6.20. The van der Waals surface area contributed by atoms with Crippen LogP contribution in [0.25, 0.3) is 0 Å². The minimum absolute atomic E-state index is 0.0596. The summed E-state index contributed by atoms with van der Waals surface area (Å²) < 4.78 is 6.39. The molecule has 0 heterocycles. The second-order valence-electron chi connectivity index (χ2n) is 5.20. The van der Waals surface area contributed by atoms with Crippen LogP contribution in [0.1, 0.15) is 28.4 Å². The van der Waals surface area contributed by atoms with Crippen molar-refractivity contribution in [3.05, 3.63) is 57.6 Å². The highest BCUT2D eigenvalue weighted by molar-refractivity contribution is 9.10. The van der Waals surface area contributed by atoms with Crippen molar-refractivity contribution in [3.8, 4) is 5.75 Å². The first kappa shape index (κ1) is 17.3. The number of ether oxygens (including phenoxy) is 1. The number of rotatable bonds is 6. The van der Waals surface area contributed by atoms with Gasteiger partial charge in [-0.3, -0.25) is 4.79 Å². The molecule has 0 saturated heterocycles. The smallest absolute Gasteiger partial charge is 0.251 e. The third-order valence-corrected chi connectivity index (χ3v) is 4.04. The summed E-state index contributed by atoms with van der Waals surface area (Å²) in [6.45, 7) is 5.15. The van der Waals surface area contributed by atoms with E-state index < -0.39 is 0 Å². The third kappa shape index (κ3) is 4.48. The molecule has 0 saturated carbocycles. The summed E-state index contributed by atoms with van der Waals surface area (Å²) in [6.07, 6.45) is 0. The summed E-state index contributed by atoms with van der Waals surface area (Å²) in [6, 6.07) is 11.6. The molecule has 0 fully saturated rings. The summed E-state index contributed by atoms with van der Waals surface area (Å²) >= 11 is 3.48. The number of carbonyl (C=O) groups is 1. The fraction of sp³-hybridized carbons (Fsp3) is 0.278. The minimum atomic E-state index is -0.0596. The highest BCUT2D eigenvalue weighted by Crippen LogP contribution is 2.25. The van der Waals surface area contributed by atoms with E-state index in [1.807, 2.05) is 50.2 Å². The molecule has 0 bridgehead atoms. The Balaban J connectivity index is 2.18. The Morgan fingerprint density at radius 3 is 2.70 bits per heavy atom. The van der Waals surface area contributed by atoms with Crippen LogP contribution in [0.2, 0.25) is 0 Å². The molecular formula is C18H21BrN2O2. The van der Waals surface area contributed by atoms with Gasteiger partial charge in [-0.15, -0.1) is 0 Å². The van der Waals surface area contributed by atoms with E-state index >= 15 is 0 Å². The Labute approximate surface area is 145 Å². The van der Waals surface area contributed by atoms with Gasteiger partial charge in [0.25, 0.3) is 5.91 Å². The van der Waals surface area contributed by atoms with Crippen LogP contribution in [0.5, 0.6) is 5.75 Å². The quantitative estimate of drug-likeness (QED) is 0.796. The van der Waals surface area contributed by atoms with E-state index in [1.54, 1.807) is 7.11 Å². The molecule has 0 aromatic heterocycles. The number of nitrogens with one attached hydrogen (secondary N) is 2. The predicted molar refractivity (Wildman–Crippen MR) is 97.2 cm³/mol. The molecule has 2 aromatic rings. The number of anilines is 1. The van der Waals surface area contributed by atoms with Gasteiger partial charge in [0.1, 0.15) is 5.75 Å². The fourth-order valence-corrected chi connectivity index (χ4v) is 2.70. The molecule has 0 aliphatic carbocycles. The van der Waals surface area contributed by atoms with Gasteiger partial charge in [0, 0.05) is 34.4 Å². The highest BCUT2D eigenvalue weighted by atomic mass is 79.9. The molecule has 4 nitrogen and oxygen atoms in total. The number of carbonyl (C=O) groups excluding carboxylic acids is 1. The van der Waals surface area contributed by atoms with E-state index in [0.29, 0.717) is 18.7 Å². The van der Waals surface area contributed by atoms with Crippen molar-refractivity contribution in [1.29, 1.82) is 0 Å². The second-order valence-corrected chi connectivity index (χ2v) is 6.11. The second kappa shape index (κ2) is 8.02. The first-order valence-electron chi connectivity index (χ1n) is 7.50. The van der Waals surface area contributed by atoms with Gasteiger partial charge < -0.3 is 15.4 Å². The maximum absolute atomic E-state index is 12.0. The molecule has 0 aliphatic heterocycles. The van der Waals surface area contributed by atoms with Crippen molar-refractivity contribution < 1.29 is 9.53 Å². The van der Waals surface area contributed by atoms with Crippen molar-refractivity contribution in [2.45, 2.75) is 20.4 Å². The minimum Gasteiger partial charge on any atom is -0.496 e. The predicted octanol–water partition coefficient (Wildman–Crippen LogP) is 4.13. The Bertz CT molecular complexity index is 701. The van der Waals surface area contributed by atoms with Crippen LogP contribution in [0.15, 0.2) is 40.9 Å². The fourth-order valence-electron chi connectivity index (χ4n) is 2.29. The zero-order valence-electron chi connectivity index (χ0n) is 13.6. The first-order chi connectivity index (χ1) is 11.0. The summed E-state index contributed by atoms with van der Waals surface area (Å²) in [5.74, 6) is 0.772. The number of methoxy groups -OCH3 is 1. The van der Waals surface area contributed by atoms with Crippen LogP contribution in [0.4, 0.5) is 5.69 Å². The van der Waals surface area contributed by atoms with Crippen molar-refractivity contribution in [2.75, 3.05) is 19.0 Å². The van der Waals surface area contributed by atoms with Crippen molar-refractivity contribution >= 4 is 27.5 Å². The van der Waals surface area contributed by atoms with E-state index in [0.717, 1.165) is 27.0 Å². The lowest BCUT2D eigenvalue weighted by Gasteiger charge is -2.14. The van der Waals surface area contributed by atoms with Gasteiger partial charge in [-0.2, -0.15) is 0 Å². The maximum Gasteiger partial charge on any atom is 0.251 e. The normalized spacial score (nSPS) is 10.3. The zero-order chi connectivity index (χ0) is 16.8. The first-order valence-corrected chi connectivity index (χ1v) is 8.29. The Morgan fingerprint density at radius 1 is 1.22 bits per heavy atom. The molecule has 2 N–H and O–H groups in total. The number of amides is 1. The standard InChI is InChI=1S/C18H21BrN2O2/c1-4-20-18(22)13-6-5-12(2)16(10-13)21-11-14-9-15(19)7-8-17(14)23-3/h5-10,21H,4,11H2,1-3H3,(H,20,22). The summed E-state index contributed by atoms with van der Waals surface area (Å²) in [4.78, 5) is 12.0. The lowest BCUT2D eigenvalue weighted by Crippen LogP contribution is -2.22. The molecular weight excluding hydrogens is 356 g/mol. The van der Waals surface area contributed by atoms with Crippen LogP contribution < -0.4 is 15.4 Å². The van der Waals surface area contributed by atoms with Crippen LogP contribution in [-0.2, 0) is 6.54 Å². The van der Waals surface area contributed by atoms with Crippen LogP contribution in [-0.4, -0.2) is 19.6 Å². The van der Waals surface area contributed by atoms with E-state index in [9.17, 15) is 4.79 Å². The molecule has 2 aromatic carbocycles. The van der Waals surface area contributed by atoms with Gasteiger partial charge in [-0.25, -0.2) is 0 Å². The van der Waals surface area contributed by atoms with E-state index in [1.165, 1.54) is 0 Å². The van der Waals surface area contributed by atoms with Gasteiger partial charge in [0.2, 0.25) is 0 Å². The van der Waals surface area contributed by atoms with Crippen molar-refractivity contribution in [3.63, 3.8) is 0 Å². The Morgan fingerprint density at radius 2 is 2.00 bits per heavy atom. The number of benzene rings is 2. The molecule has 1 amide bonds. The SMILES string of the molecule is CCNC(=O)c1ccc(C)c(NCc2cc(Br)ccc2OC)c1. The van der Waals surface area contributed by atoms with E-state index in [-0.39, 0.29) is 5.91 Å². The molecule has 0 radical (unpaired) electrons. The number of hydrogen-bond donors (Lipinski definition) is 2. The molecule has 23 heavy (non-hydrogen) atoms. The maximum atomic E-state index is 12.0. The lowest BCUT2D eigenvalue weighted by molar-refractivity contribution is 0.0956. The zero-order valence-corrected chi connectivity index (χ0v) is 15.2. The molecule has 0 atom stereocenters. The molecule has 0 spiro atoms. The van der Waals surface area contributed by atoms with Gasteiger partial charge in [-0.05, 0) is 49.7 Å². The van der Waals surface area contributed by atoms with Gasteiger partial charge in [-0.1, -0.05) is 22.0 Å². The Kier molecular flexibility index (Phi) is 6.04. The average molecular weight is 377 g/mol. The van der Waals surface area contributed by atoms with E-state index in [4.69, 9.17) is 4.74 Å². The average Bonchev–Trinajstić information content (AvgIpc) is 2.54. The molecule has 5 heteroatoms. The van der Waals surface area contributed by atoms with Gasteiger partial charge >= 0.3 is 0 Å². The topological polar surface area (TPSA) is 50.4 Å². The third-order valence-electron chi connectivity index (χ3n) is 3.55. The van der Waals surface area contributed by atoms with E-state index in [2.05, 4.69) is 26.6 Å². The van der Waals surface area contributed by atoms with Crippen molar-refractivity contribution in [1.82, 2.24) is 5.32 Å². The number of hydrogen-bond acceptors (Lipinski definition) is 3.